The summed E-state index contributed by atoms with van der Waals surface area (Å²) in [7, 11) is 0. The van der Waals surface area contributed by atoms with Crippen LogP contribution in [0.1, 0.15) is 51.0 Å². The van der Waals surface area contributed by atoms with Gasteiger partial charge >= 0.3 is 0 Å². The molecule has 2 fully saturated rings. The second-order valence-corrected chi connectivity index (χ2v) is 7.41. The zero-order valence-corrected chi connectivity index (χ0v) is 15.8. The third kappa shape index (κ3) is 4.54. The molecule has 2 amide bonds. The highest BCUT2D eigenvalue weighted by molar-refractivity contribution is 5.92. The van der Waals surface area contributed by atoms with Crippen LogP contribution in [-0.2, 0) is 9.59 Å². The quantitative estimate of drug-likeness (QED) is 0.756. The predicted octanol–water partition coefficient (Wildman–Crippen LogP) is 3.73. The van der Waals surface area contributed by atoms with Crippen molar-refractivity contribution in [2.75, 3.05) is 19.6 Å². The van der Waals surface area contributed by atoms with Crippen LogP contribution >= 0.6 is 0 Å². The third-order valence-electron chi connectivity index (χ3n) is 5.76. The number of nitrogens with zero attached hydrogens (tertiary/aromatic N) is 2. The summed E-state index contributed by atoms with van der Waals surface area (Å²) in [4.78, 5) is 29.3. The molecule has 0 aromatic heterocycles. The molecule has 0 bridgehead atoms. The Bertz CT molecular complexity index is 627. The van der Waals surface area contributed by atoms with Crippen molar-refractivity contribution in [3.8, 4) is 0 Å². The molecule has 0 N–H and O–H groups in total. The minimum atomic E-state index is 0.0443. The molecule has 26 heavy (non-hydrogen) atoms. The van der Waals surface area contributed by atoms with Gasteiger partial charge in [0, 0.05) is 37.7 Å². The highest BCUT2D eigenvalue weighted by atomic mass is 16.2. The lowest BCUT2D eigenvalue weighted by molar-refractivity contribution is -0.141. The third-order valence-corrected chi connectivity index (χ3v) is 5.76. The Morgan fingerprint density at radius 1 is 1.08 bits per heavy atom. The van der Waals surface area contributed by atoms with E-state index < -0.39 is 0 Å². The molecule has 2 aliphatic rings. The fourth-order valence-corrected chi connectivity index (χ4v) is 4.23. The van der Waals surface area contributed by atoms with Crippen LogP contribution in [0.2, 0.25) is 0 Å². The lowest BCUT2D eigenvalue weighted by Gasteiger charge is -2.36. The maximum absolute atomic E-state index is 12.9. The van der Waals surface area contributed by atoms with Gasteiger partial charge in [-0.25, -0.2) is 0 Å². The molecule has 0 atom stereocenters. The van der Waals surface area contributed by atoms with Crippen LogP contribution in [0.4, 0.5) is 0 Å². The average molecular weight is 354 g/mol. The van der Waals surface area contributed by atoms with Crippen molar-refractivity contribution in [1.82, 2.24) is 9.80 Å². The van der Waals surface area contributed by atoms with Gasteiger partial charge in [-0.2, -0.15) is 0 Å². The minimum absolute atomic E-state index is 0.0443. The van der Waals surface area contributed by atoms with Gasteiger partial charge in [0.15, 0.2) is 0 Å². The molecule has 1 aromatic rings. The lowest BCUT2D eigenvalue weighted by Crippen LogP contribution is -2.46. The largest absolute Gasteiger partial charge is 0.340 e. The number of piperidine rings is 1. The molecule has 1 saturated carbocycles. The number of hydrogen-bond acceptors (Lipinski definition) is 2. The van der Waals surface area contributed by atoms with E-state index in [2.05, 4.69) is 11.8 Å². The monoisotopic (exact) mass is 354 g/mol. The molecule has 0 radical (unpaired) electrons. The first-order valence-corrected chi connectivity index (χ1v) is 10.0. The Kier molecular flexibility index (Phi) is 6.48. The van der Waals surface area contributed by atoms with E-state index in [1.165, 1.54) is 12.8 Å². The highest BCUT2D eigenvalue weighted by Gasteiger charge is 2.33. The van der Waals surface area contributed by atoms with E-state index in [4.69, 9.17) is 0 Å². The van der Waals surface area contributed by atoms with E-state index in [0.29, 0.717) is 25.0 Å². The predicted molar refractivity (Wildman–Crippen MR) is 104 cm³/mol. The zero-order chi connectivity index (χ0) is 18.4. The topological polar surface area (TPSA) is 40.6 Å². The molecule has 0 spiro atoms. The van der Waals surface area contributed by atoms with Crippen molar-refractivity contribution >= 4 is 17.9 Å². The summed E-state index contributed by atoms with van der Waals surface area (Å²) in [5.41, 5.74) is 1.03. The molecular weight excluding hydrogens is 324 g/mol. The molecule has 1 aliphatic carbocycles. The first kappa shape index (κ1) is 18.7. The molecule has 140 valence electrons. The maximum atomic E-state index is 12.9. The molecule has 1 heterocycles. The van der Waals surface area contributed by atoms with Gasteiger partial charge in [-0.15, -0.1) is 0 Å². The smallest absolute Gasteiger partial charge is 0.246 e. The fourth-order valence-electron chi connectivity index (χ4n) is 4.23. The molecule has 1 saturated heterocycles. The van der Waals surface area contributed by atoms with Crippen LogP contribution in [0.25, 0.3) is 6.08 Å². The number of likely N-dealkylation sites (tertiary alicyclic amines) is 1. The fraction of sp³-hybridized carbons (Fsp3) is 0.545. The van der Waals surface area contributed by atoms with Crippen molar-refractivity contribution in [3.05, 3.63) is 42.0 Å². The second-order valence-electron chi connectivity index (χ2n) is 7.41. The molecule has 4 heteroatoms. The summed E-state index contributed by atoms with van der Waals surface area (Å²) in [5.74, 6) is 0.437. The van der Waals surface area contributed by atoms with E-state index in [1.807, 2.05) is 41.3 Å². The van der Waals surface area contributed by atoms with Crippen LogP contribution in [0, 0.1) is 5.92 Å². The van der Waals surface area contributed by atoms with Crippen LogP contribution in [0.3, 0.4) is 0 Å². The molecule has 1 aliphatic heterocycles. The molecular formula is C22H30N2O2. The Hall–Kier alpha value is -2.10. The van der Waals surface area contributed by atoms with Crippen molar-refractivity contribution in [2.24, 2.45) is 5.92 Å². The maximum Gasteiger partial charge on any atom is 0.246 e. The van der Waals surface area contributed by atoms with Gasteiger partial charge < -0.3 is 9.80 Å². The number of hydrogen-bond donors (Lipinski definition) is 0. The van der Waals surface area contributed by atoms with E-state index in [9.17, 15) is 9.59 Å². The summed E-state index contributed by atoms with van der Waals surface area (Å²) >= 11 is 0. The SMILES string of the molecule is CCN(C(=O)C1CCN(C(=O)/C=C/c2ccccc2)CC1)C1CCCC1. The van der Waals surface area contributed by atoms with E-state index in [-0.39, 0.29) is 11.8 Å². The summed E-state index contributed by atoms with van der Waals surface area (Å²) in [6.07, 6.45) is 9.87. The van der Waals surface area contributed by atoms with E-state index >= 15 is 0 Å². The lowest BCUT2D eigenvalue weighted by atomic mass is 9.94. The molecule has 3 rings (SSSR count). The number of rotatable bonds is 5. The van der Waals surface area contributed by atoms with Gasteiger partial charge in [0.05, 0.1) is 0 Å². The Balaban J connectivity index is 1.51. The summed E-state index contributed by atoms with van der Waals surface area (Å²) < 4.78 is 0. The highest BCUT2D eigenvalue weighted by Crippen LogP contribution is 2.27. The van der Waals surface area contributed by atoms with Gasteiger partial charge in [-0.3, -0.25) is 9.59 Å². The van der Waals surface area contributed by atoms with Gasteiger partial charge in [-0.1, -0.05) is 43.2 Å². The van der Waals surface area contributed by atoms with Gasteiger partial charge in [0.2, 0.25) is 11.8 Å². The van der Waals surface area contributed by atoms with Crippen LogP contribution in [0.15, 0.2) is 36.4 Å². The normalized spacial score (nSPS) is 19.2. The zero-order valence-electron chi connectivity index (χ0n) is 15.8. The van der Waals surface area contributed by atoms with Crippen LogP contribution < -0.4 is 0 Å². The number of carbonyl (C=O) groups excluding carboxylic acids is 2. The van der Waals surface area contributed by atoms with Gasteiger partial charge in [-0.05, 0) is 44.2 Å². The van der Waals surface area contributed by atoms with Crippen molar-refractivity contribution < 1.29 is 9.59 Å². The van der Waals surface area contributed by atoms with Gasteiger partial charge in [0.25, 0.3) is 0 Å². The van der Waals surface area contributed by atoms with Crippen molar-refractivity contribution in [3.63, 3.8) is 0 Å². The Labute approximate surface area is 156 Å². The molecule has 1 aromatic carbocycles. The second kappa shape index (κ2) is 9.02. The molecule has 4 nitrogen and oxygen atoms in total. The van der Waals surface area contributed by atoms with Crippen molar-refractivity contribution in [2.45, 2.75) is 51.5 Å². The summed E-state index contributed by atoms with van der Waals surface area (Å²) in [6.45, 7) is 4.25. The van der Waals surface area contributed by atoms with E-state index in [0.717, 1.165) is 37.8 Å². The first-order chi connectivity index (χ1) is 12.7. The number of amides is 2. The molecule has 0 unspecified atom stereocenters. The standard InChI is InChI=1S/C22H30N2O2/c1-2-24(20-10-6-7-11-20)22(26)19-14-16-23(17-15-19)21(25)13-12-18-8-4-3-5-9-18/h3-5,8-9,12-13,19-20H,2,6-7,10-11,14-17H2,1H3/b13-12+. The summed E-state index contributed by atoms with van der Waals surface area (Å²) in [5, 5.41) is 0. The first-order valence-electron chi connectivity index (χ1n) is 10.0. The van der Waals surface area contributed by atoms with Crippen molar-refractivity contribution in [1.29, 1.82) is 0 Å². The van der Waals surface area contributed by atoms with E-state index in [1.54, 1.807) is 6.08 Å². The van der Waals surface area contributed by atoms with Gasteiger partial charge in [0.1, 0.15) is 0 Å². The number of benzene rings is 1. The van der Waals surface area contributed by atoms with Crippen LogP contribution in [0.5, 0.6) is 0 Å². The average Bonchev–Trinajstić information content (AvgIpc) is 3.22. The summed E-state index contributed by atoms with van der Waals surface area (Å²) in [6, 6.07) is 10.3. The Morgan fingerprint density at radius 2 is 1.73 bits per heavy atom. The van der Waals surface area contributed by atoms with Crippen LogP contribution in [-0.4, -0.2) is 47.3 Å². The number of carbonyl (C=O) groups is 2. The minimum Gasteiger partial charge on any atom is -0.340 e. The Morgan fingerprint density at radius 3 is 2.35 bits per heavy atom.